The third kappa shape index (κ3) is 2.40. The zero-order chi connectivity index (χ0) is 13.6. The molecule has 0 aromatic carbocycles. The van der Waals surface area contributed by atoms with Crippen molar-refractivity contribution >= 4 is 6.26 Å². The Morgan fingerprint density at radius 1 is 1.70 bits per heavy atom. The molecule has 3 atom stereocenters. The first-order valence-corrected chi connectivity index (χ1v) is 2.10. The molecule has 0 radical (unpaired) electrons. The van der Waals surface area contributed by atoms with Gasteiger partial charge in [-0.05, 0) is 0 Å². The normalized spacial score (nSPS) is 39.2. The summed E-state index contributed by atoms with van der Waals surface area (Å²) in [4.78, 5) is 10.4. The number of carbonyl (C=O) groups is 1. The van der Waals surface area contributed by atoms with Crippen LogP contribution in [0.3, 0.4) is 0 Å². The van der Waals surface area contributed by atoms with Crippen LogP contribution >= 0.6 is 0 Å². The van der Waals surface area contributed by atoms with Crippen LogP contribution in [0.4, 0.5) is 0 Å². The monoisotopic (exact) mass is 161 g/mol. The summed E-state index contributed by atoms with van der Waals surface area (Å²) in [5, 5.41) is 35.8. The number of aldehydes is 1. The van der Waals surface area contributed by atoms with Crippen LogP contribution in [0.2, 0.25) is 0 Å². The van der Waals surface area contributed by atoms with E-state index in [1.165, 1.54) is 0 Å². The molecule has 0 aromatic heterocycles. The average Bonchev–Trinajstić information content (AvgIpc) is 2.00. The first kappa shape index (κ1) is 3.27. The lowest BCUT2D eigenvalue weighted by Crippen LogP contribution is -2.40. The summed E-state index contributed by atoms with van der Waals surface area (Å²) in [7, 11) is 0. The molecule has 0 rings (SSSR count). The molecule has 0 fully saturated rings. The summed E-state index contributed by atoms with van der Waals surface area (Å²) in [5.41, 5.74) is 0. The van der Waals surface area contributed by atoms with Gasteiger partial charge in [-0.25, -0.2) is 0 Å². The Hall–Kier alpha value is -0.490. The van der Waals surface area contributed by atoms with Gasteiger partial charge in [-0.15, -0.1) is 0 Å². The summed E-state index contributed by atoms with van der Waals surface area (Å²) in [6.07, 6.45) is -14.5. The van der Waals surface area contributed by atoms with Crippen molar-refractivity contribution in [3.63, 3.8) is 0 Å². The van der Waals surface area contributed by atoms with Gasteiger partial charge in [0.05, 0.1) is 13.4 Å². The first-order valence-electron chi connectivity index (χ1n) is 5.10. The van der Waals surface area contributed by atoms with Crippen LogP contribution in [-0.2, 0) is 4.79 Å². The highest BCUT2D eigenvalue weighted by molar-refractivity contribution is 5.56. The second-order valence-electron chi connectivity index (χ2n) is 1.26. The van der Waals surface area contributed by atoms with Crippen molar-refractivity contribution < 1.29 is 33.4 Å². The van der Waals surface area contributed by atoms with Crippen molar-refractivity contribution in [2.45, 2.75) is 18.2 Å². The minimum absolute atomic E-state index is 2.25. The van der Waals surface area contributed by atoms with E-state index in [-0.39, 0.29) is 0 Å². The standard InChI is InChI=1S/C5H10O5/c6-1-3(8)5(10)4(9)2-7/h1,3-5,7-10H,2H2/t3-,4+,5+/m0/s1/i1+1D,2+1D2,3+1D,4+1D,5+1D. The molecule has 5 nitrogen and oxygen atoms in total. The smallest absolute Gasteiger partial charge is 0.151 e. The van der Waals surface area contributed by atoms with Crippen molar-refractivity contribution in [1.29, 1.82) is 0 Å². The van der Waals surface area contributed by atoms with Crippen molar-refractivity contribution in [3.8, 4) is 0 Å². The molecular weight excluding hydrogens is 145 g/mol. The maximum Gasteiger partial charge on any atom is 0.151 e. The Kier molecular flexibility index (Phi) is 1.42. The maximum absolute atomic E-state index is 10.4. The fourth-order valence-corrected chi connectivity index (χ4v) is 0.213. The molecule has 0 aromatic rings. The molecule has 60 valence electrons. The largest absolute Gasteiger partial charge is 0.394 e. The van der Waals surface area contributed by atoms with Gasteiger partial charge in [0.2, 0.25) is 0 Å². The number of hydrogen-bond acceptors (Lipinski definition) is 5. The number of hydrogen-bond donors (Lipinski definition) is 4. The second kappa shape index (κ2) is 4.35. The molecule has 5 heteroatoms. The fraction of sp³-hybridized carbons (Fsp3) is 0.800. The van der Waals surface area contributed by atoms with Crippen molar-refractivity contribution in [2.24, 2.45) is 0 Å². The topological polar surface area (TPSA) is 98.0 Å². The van der Waals surface area contributed by atoms with Crippen LogP contribution in [0.25, 0.3) is 0 Å². The Morgan fingerprint density at radius 2 is 2.20 bits per heavy atom. The lowest BCUT2D eigenvalue weighted by molar-refractivity contribution is -0.127. The average molecular weight is 161 g/mol. The summed E-state index contributed by atoms with van der Waals surface area (Å²) in [5.74, 6) is 0. The predicted octanol–water partition coefficient (Wildman–Crippen LogP) is -2.74. The Labute approximate surface area is 66.0 Å². The number of aliphatic hydroxyl groups is 4. The van der Waals surface area contributed by atoms with Crippen LogP contribution in [-0.4, -0.2) is 51.5 Å². The lowest BCUT2D eigenvalue weighted by Gasteiger charge is -2.16. The van der Waals surface area contributed by atoms with E-state index >= 15 is 0 Å². The van der Waals surface area contributed by atoms with Crippen LogP contribution in [0.15, 0.2) is 0 Å². The van der Waals surface area contributed by atoms with Gasteiger partial charge >= 0.3 is 0 Å². The van der Waals surface area contributed by atoms with Crippen molar-refractivity contribution in [3.05, 3.63) is 0 Å². The van der Waals surface area contributed by atoms with Gasteiger partial charge in [0.15, 0.2) is 6.26 Å². The Morgan fingerprint density at radius 3 is 2.50 bits per heavy atom. The van der Waals surface area contributed by atoms with E-state index < -0.39 is 31.1 Å². The molecule has 10 heavy (non-hydrogen) atoms. The number of carbonyl (C=O) groups excluding carboxylic acids is 1. The van der Waals surface area contributed by atoms with Gasteiger partial charge in [-0.3, -0.25) is 0 Å². The van der Waals surface area contributed by atoms with E-state index in [1.54, 1.807) is 0 Å². The van der Waals surface area contributed by atoms with Gasteiger partial charge < -0.3 is 25.2 Å². The Balaban J connectivity index is 5.62. The third-order valence-electron chi connectivity index (χ3n) is 0.651. The van der Waals surface area contributed by atoms with Crippen LogP contribution in [0.5, 0.6) is 0 Å². The summed E-state index contributed by atoms with van der Waals surface area (Å²) < 4.78 is 39.9. The summed E-state index contributed by atoms with van der Waals surface area (Å²) in [6, 6.07) is 0. The van der Waals surface area contributed by atoms with Gasteiger partial charge in [0.25, 0.3) is 0 Å². The van der Waals surface area contributed by atoms with Crippen molar-refractivity contribution in [2.75, 3.05) is 6.56 Å². The Bertz CT molecular complexity index is 294. The molecule has 0 aliphatic carbocycles. The second-order valence-corrected chi connectivity index (χ2v) is 1.26. The predicted molar refractivity (Wildman–Crippen MR) is 31.2 cm³/mol. The first-order chi connectivity index (χ1) is 6.69. The van der Waals surface area contributed by atoms with E-state index in [9.17, 15) is 4.79 Å². The minimum atomic E-state index is -4.17. The molecule has 0 aliphatic rings. The molecule has 0 bridgehead atoms. The van der Waals surface area contributed by atoms with E-state index in [4.69, 9.17) is 28.7 Å². The number of rotatable bonds is 4. The van der Waals surface area contributed by atoms with Gasteiger partial charge in [-0.1, -0.05) is 0 Å². The zero-order valence-electron chi connectivity index (χ0n) is 10.7. The lowest BCUT2D eigenvalue weighted by atomic mass is 11.1. The van der Waals surface area contributed by atoms with E-state index in [0.717, 1.165) is 0 Å². The van der Waals surface area contributed by atoms with Crippen LogP contribution in [0, 0.1) is 0 Å². The summed E-state index contributed by atoms with van der Waals surface area (Å²) in [6.45, 7) is -3.91. The molecular formula is C5H10O5. The molecule has 0 spiro atoms. The molecule has 4 N–H and O–H groups in total. The van der Waals surface area contributed by atoms with E-state index in [1.807, 2.05) is 0 Å². The zero-order valence-corrected chi connectivity index (χ0v) is 4.70. The quantitative estimate of drug-likeness (QED) is 0.265. The third-order valence-corrected chi connectivity index (χ3v) is 0.651. The highest BCUT2D eigenvalue weighted by atomic mass is 16.5. The van der Waals surface area contributed by atoms with E-state index in [0.29, 0.717) is 0 Å². The minimum Gasteiger partial charge on any atom is -0.394 e. The van der Waals surface area contributed by atoms with Crippen molar-refractivity contribution in [1.82, 2.24) is 0 Å². The molecule has 0 saturated carbocycles. The summed E-state index contributed by atoms with van der Waals surface area (Å²) >= 11 is 0. The molecule has 0 aliphatic heterocycles. The van der Waals surface area contributed by atoms with Crippen LogP contribution in [0.1, 0.15) is 8.22 Å². The molecule has 0 amide bonds. The fourth-order valence-electron chi connectivity index (χ4n) is 0.213. The van der Waals surface area contributed by atoms with Gasteiger partial charge in [0.1, 0.15) is 19.6 Å². The highest BCUT2D eigenvalue weighted by Crippen LogP contribution is 1.96. The van der Waals surface area contributed by atoms with Gasteiger partial charge in [-0.2, -0.15) is 0 Å². The SMILES string of the molecule is [2H][13C](=O)[13C@]([2H])(O)[13C@@]([2H])(O)[13C@]([2H])(O)[13C]([2H])([2H])O. The maximum atomic E-state index is 10.4. The van der Waals surface area contributed by atoms with E-state index in [2.05, 4.69) is 0 Å². The molecule has 0 unspecified atom stereocenters. The van der Waals surface area contributed by atoms with Crippen LogP contribution < -0.4 is 0 Å². The van der Waals surface area contributed by atoms with Gasteiger partial charge in [0, 0.05) is 0 Å². The highest BCUT2D eigenvalue weighted by Gasteiger charge is 2.22. The molecule has 0 heterocycles. The molecule has 0 saturated heterocycles.